The number of fused-ring (bicyclic) bond motifs is 3. The highest BCUT2D eigenvalue weighted by atomic mass is 16.7. The van der Waals surface area contributed by atoms with Gasteiger partial charge in [0.25, 0.3) is 0 Å². The van der Waals surface area contributed by atoms with Crippen molar-refractivity contribution in [2.45, 2.75) is 61.9 Å². The van der Waals surface area contributed by atoms with Crippen LogP contribution in [-0.2, 0) is 9.47 Å². The van der Waals surface area contributed by atoms with E-state index in [1.165, 1.54) is 19.3 Å². The number of ether oxygens (including phenoxy) is 2. The first-order chi connectivity index (χ1) is 8.74. The van der Waals surface area contributed by atoms with Crippen molar-refractivity contribution in [1.29, 1.82) is 0 Å². The second-order valence-corrected chi connectivity index (χ2v) is 6.54. The molecule has 4 rings (SSSR count). The average molecular weight is 246 g/mol. The molecule has 0 aromatic heterocycles. The molecule has 2 heteroatoms. The van der Waals surface area contributed by atoms with Gasteiger partial charge in [0, 0.05) is 0 Å². The topological polar surface area (TPSA) is 25.1 Å². The van der Waals surface area contributed by atoms with Crippen LogP contribution in [0.1, 0.15) is 38.5 Å². The fourth-order valence-corrected chi connectivity index (χ4v) is 4.56. The van der Waals surface area contributed by atoms with Crippen LogP contribution in [0.4, 0.5) is 0 Å². The maximum atomic E-state index is 6.17. The highest BCUT2D eigenvalue weighted by Gasteiger charge is 2.80. The molecule has 6 atom stereocenters. The first-order valence-electron chi connectivity index (χ1n) is 7.35. The number of rotatable bonds is 3. The van der Waals surface area contributed by atoms with Gasteiger partial charge < -0.3 is 9.47 Å². The number of epoxide rings is 2. The van der Waals surface area contributed by atoms with Gasteiger partial charge in [-0.3, -0.25) is 0 Å². The summed E-state index contributed by atoms with van der Waals surface area (Å²) in [5.74, 6) is 1.28. The minimum absolute atomic E-state index is 0.0565. The summed E-state index contributed by atoms with van der Waals surface area (Å²) in [6, 6.07) is 0. The van der Waals surface area contributed by atoms with E-state index in [1.54, 1.807) is 0 Å². The summed E-state index contributed by atoms with van der Waals surface area (Å²) in [6.07, 6.45) is 12.2. The lowest BCUT2D eigenvalue weighted by molar-refractivity contribution is 0.123. The Kier molecular flexibility index (Phi) is 2.18. The lowest BCUT2D eigenvalue weighted by Crippen LogP contribution is -2.43. The number of hydrogen-bond acceptors (Lipinski definition) is 2. The molecule has 4 fully saturated rings. The molecule has 6 unspecified atom stereocenters. The highest BCUT2D eigenvalue weighted by Crippen LogP contribution is 2.68. The molecule has 2 saturated heterocycles. The fraction of sp³-hybridized carbons (Fsp3) is 0.750. The zero-order chi connectivity index (χ0) is 12.4. The van der Waals surface area contributed by atoms with E-state index in [4.69, 9.17) is 9.47 Å². The van der Waals surface area contributed by atoms with Crippen molar-refractivity contribution in [1.82, 2.24) is 0 Å². The maximum Gasteiger partial charge on any atom is 0.127 e. The van der Waals surface area contributed by atoms with Crippen LogP contribution < -0.4 is 0 Å². The van der Waals surface area contributed by atoms with Crippen LogP contribution in [0.25, 0.3) is 0 Å². The smallest absolute Gasteiger partial charge is 0.127 e. The Morgan fingerprint density at radius 2 is 1.67 bits per heavy atom. The molecule has 2 aliphatic heterocycles. The van der Waals surface area contributed by atoms with E-state index in [1.807, 2.05) is 0 Å². The Balaban J connectivity index is 1.55. The molecule has 4 aliphatic rings. The first-order valence-corrected chi connectivity index (χ1v) is 7.35. The molecule has 2 nitrogen and oxygen atoms in total. The van der Waals surface area contributed by atoms with Gasteiger partial charge in [-0.05, 0) is 50.4 Å². The lowest BCUT2D eigenvalue weighted by atomic mass is 9.68. The third kappa shape index (κ3) is 1.26. The Morgan fingerprint density at radius 3 is 2.39 bits per heavy atom. The lowest BCUT2D eigenvalue weighted by Gasteiger charge is -2.32. The molecule has 0 bridgehead atoms. The van der Waals surface area contributed by atoms with Gasteiger partial charge in [0.15, 0.2) is 0 Å². The van der Waals surface area contributed by atoms with Gasteiger partial charge in [0.05, 0.1) is 12.2 Å². The minimum Gasteiger partial charge on any atom is -0.363 e. The van der Waals surface area contributed by atoms with E-state index >= 15 is 0 Å². The van der Waals surface area contributed by atoms with Gasteiger partial charge in [0.2, 0.25) is 0 Å². The van der Waals surface area contributed by atoms with Gasteiger partial charge in [-0.15, -0.1) is 13.2 Å². The second-order valence-electron chi connectivity index (χ2n) is 6.54. The van der Waals surface area contributed by atoms with Crippen LogP contribution in [0.2, 0.25) is 0 Å². The van der Waals surface area contributed by atoms with Crippen molar-refractivity contribution in [3.05, 3.63) is 25.3 Å². The quantitative estimate of drug-likeness (QED) is 0.564. The zero-order valence-electron chi connectivity index (χ0n) is 10.9. The third-order valence-corrected chi connectivity index (χ3v) is 5.78. The summed E-state index contributed by atoms with van der Waals surface area (Å²) in [6.45, 7) is 7.89. The first kappa shape index (κ1) is 11.2. The molecule has 0 amide bonds. The number of allylic oxidation sites excluding steroid dienone is 2. The molecule has 0 aromatic rings. The molecule has 0 aromatic carbocycles. The van der Waals surface area contributed by atoms with Crippen LogP contribution in [0, 0.1) is 11.8 Å². The normalized spacial score (nSPS) is 57.1. The monoisotopic (exact) mass is 246 g/mol. The number of hydrogen-bond donors (Lipinski definition) is 0. The van der Waals surface area contributed by atoms with Crippen molar-refractivity contribution in [3.63, 3.8) is 0 Å². The molecule has 0 N–H and O–H groups in total. The van der Waals surface area contributed by atoms with E-state index in [2.05, 4.69) is 25.3 Å². The predicted octanol–water partition coefficient (Wildman–Crippen LogP) is 3.23. The summed E-state index contributed by atoms with van der Waals surface area (Å²) in [5, 5.41) is 0. The van der Waals surface area contributed by atoms with Crippen LogP contribution in [0.15, 0.2) is 25.3 Å². The molecular formula is C16H22O2. The molecule has 98 valence electrons. The van der Waals surface area contributed by atoms with Gasteiger partial charge in [-0.1, -0.05) is 12.2 Å². The van der Waals surface area contributed by atoms with Crippen molar-refractivity contribution in [2.24, 2.45) is 11.8 Å². The second kappa shape index (κ2) is 3.49. The summed E-state index contributed by atoms with van der Waals surface area (Å²) in [4.78, 5) is 0. The van der Waals surface area contributed by atoms with Crippen LogP contribution in [0.5, 0.6) is 0 Å². The van der Waals surface area contributed by atoms with Crippen LogP contribution in [0.3, 0.4) is 0 Å². The molecule has 0 radical (unpaired) electrons. The minimum atomic E-state index is 0.0565. The maximum absolute atomic E-state index is 6.17. The van der Waals surface area contributed by atoms with E-state index in [9.17, 15) is 0 Å². The van der Waals surface area contributed by atoms with Gasteiger partial charge in [-0.25, -0.2) is 0 Å². The van der Waals surface area contributed by atoms with Crippen LogP contribution in [-0.4, -0.2) is 23.4 Å². The van der Waals surface area contributed by atoms with Gasteiger partial charge >= 0.3 is 0 Å². The highest BCUT2D eigenvalue weighted by molar-refractivity contribution is 5.29. The molecule has 2 saturated carbocycles. The van der Waals surface area contributed by atoms with E-state index in [0.29, 0.717) is 24.0 Å². The SMILES string of the molecule is C=CC1CCC2(C34CC(C=C)CCC3O4)OC2C1. The predicted molar refractivity (Wildman–Crippen MR) is 70.3 cm³/mol. The molecule has 0 spiro atoms. The molecule has 2 heterocycles. The standard InChI is InChI=1S/C16H22O2/c1-3-11-7-8-15(14(9-11)18-15)16-10-12(4-2)5-6-13(16)17-16/h3-4,11-14H,1-2,5-10H2. The van der Waals surface area contributed by atoms with E-state index < -0.39 is 0 Å². The molecular weight excluding hydrogens is 224 g/mol. The van der Waals surface area contributed by atoms with Crippen molar-refractivity contribution in [3.8, 4) is 0 Å². The van der Waals surface area contributed by atoms with Crippen molar-refractivity contribution >= 4 is 0 Å². The van der Waals surface area contributed by atoms with Gasteiger partial charge in [0.1, 0.15) is 11.2 Å². The summed E-state index contributed by atoms with van der Waals surface area (Å²) < 4.78 is 12.3. The largest absolute Gasteiger partial charge is 0.363 e. The van der Waals surface area contributed by atoms with Crippen LogP contribution >= 0.6 is 0 Å². The molecule has 18 heavy (non-hydrogen) atoms. The summed E-state index contributed by atoms with van der Waals surface area (Å²) in [7, 11) is 0. The van der Waals surface area contributed by atoms with Crippen molar-refractivity contribution in [2.75, 3.05) is 0 Å². The molecule has 2 aliphatic carbocycles. The van der Waals surface area contributed by atoms with Crippen molar-refractivity contribution < 1.29 is 9.47 Å². The summed E-state index contributed by atoms with van der Waals surface area (Å²) in [5.41, 5.74) is 0.125. The fourth-order valence-electron chi connectivity index (χ4n) is 4.56. The Bertz CT molecular complexity index is 404. The van der Waals surface area contributed by atoms with E-state index in [0.717, 1.165) is 19.3 Å². The van der Waals surface area contributed by atoms with Gasteiger partial charge in [-0.2, -0.15) is 0 Å². The Hall–Kier alpha value is -0.600. The summed E-state index contributed by atoms with van der Waals surface area (Å²) >= 11 is 0. The Morgan fingerprint density at radius 1 is 0.889 bits per heavy atom. The average Bonchev–Trinajstić information content (AvgIpc) is 3.29. The van der Waals surface area contributed by atoms with E-state index in [-0.39, 0.29) is 11.2 Å². The zero-order valence-corrected chi connectivity index (χ0v) is 10.9. The Labute approximate surface area is 109 Å². The third-order valence-electron chi connectivity index (χ3n) is 5.78.